The minimum Gasteiger partial charge on any atom is -0.358 e. The molecular weight excluding hydrogens is 104 g/mol. The molecule has 48 valence electrons. The van der Waals surface area contributed by atoms with Crippen LogP contribution in [0, 0.1) is 0 Å². The largest absolute Gasteiger partial charge is 0.358 e. The molecule has 3 heteroatoms. The molecule has 0 spiro atoms. The van der Waals surface area contributed by atoms with Crippen molar-refractivity contribution in [3.63, 3.8) is 0 Å². The van der Waals surface area contributed by atoms with Gasteiger partial charge in [0, 0.05) is 13.1 Å². The molecule has 0 aromatic heterocycles. The Kier molecular flexibility index (Phi) is 1.83. The van der Waals surface area contributed by atoms with E-state index in [1.54, 1.807) is 0 Å². The van der Waals surface area contributed by atoms with Crippen LogP contribution in [0.5, 0.6) is 0 Å². The van der Waals surface area contributed by atoms with E-state index < -0.39 is 0 Å². The highest BCUT2D eigenvalue weighted by Gasteiger charge is 2.13. The SMILES string of the molecule is CC1CNCC(N)O1. The van der Waals surface area contributed by atoms with Crippen LogP contribution in [-0.4, -0.2) is 25.4 Å². The van der Waals surface area contributed by atoms with E-state index in [1.165, 1.54) is 0 Å². The van der Waals surface area contributed by atoms with Crippen LogP contribution in [0.3, 0.4) is 0 Å². The highest BCUT2D eigenvalue weighted by atomic mass is 16.5. The summed E-state index contributed by atoms with van der Waals surface area (Å²) >= 11 is 0. The minimum absolute atomic E-state index is 0.0984. The molecule has 1 aliphatic heterocycles. The summed E-state index contributed by atoms with van der Waals surface area (Å²) in [5.41, 5.74) is 5.44. The van der Waals surface area contributed by atoms with Crippen molar-refractivity contribution in [1.29, 1.82) is 0 Å². The molecule has 3 N–H and O–H groups in total. The van der Waals surface area contributed by atoms with Gasteiger partial charge in [-0.25, -0.2) is 0 Å². The lowest BCUT2D eigenvalue weighted by Crippen LogP contribution is -2.47. The van der Waals surface area contributed by atoms with Crippen molar-refractivity contribution >= 4 is 0 Å². The van der Waals surface area contributed by atoms with Gasteiger partial charge in [-0.3, -0.25) is 0 Å². The van der Waals surface area contributed by atoms with Gasteiger partial charge >= 0.3 is 0 Å². The predicted octanol–water partition coefficient (Wildman–Crippen LogP) is -0.720. The van der Waals surface area contributed by atoms with E-state index in [-0.39, 0.29) is 12.3 Å². The van der Waals surface area contributed by atoms with Crippen LogP contribution in [0.2, 0.25) is 0 Å². The fraction of sp³-hybridized carbons (Fsp3) is 1.00. The lowest BCUT2D eigenvalue weighted by Gasteiger charge is -2.25. The van der Waals surface area contributed by atoms with Crippen LogP contribution >= 0.6 is 0 Å². The van der Waals surface area contributed by atoms with Gasteiger partial charge in [0.15, 0.2) is 0 Å². The molecule has 2 unspecified atom stereocenters. The standard InChI is InChI=1S/C5H12N2O/c1-4-2-7-3-5(6)8-4/h4-5,7H,2-3,6H2,1H3. The minimum atomic E-state index is -0.0984. The number of hydrogen-bond donors (Lipinski definition) is 2. The van der Waals surface area contributed by atoms with E-state index in [0.717, 1.165) is 13.1 Å². The van der Waals surface area contributed by atoms with Crippen LogP contribution in [-0.2, 0) is 4.74 Å². The van der Waals surface area contributed by atoms with Crippen molar-refractivity contribution in [2.75, 3.05) is 13.1 Å². The van der Waals surface area contributed by atoms with Crippen molar-refractivity contribution in [3.05, 3.63) is 0 Å². The van der Waals surface area contributed by atoms with E-state index in [4.69, 9.17) is 10.5 Å². The van der Waals surface area contributed by atoms with Crippen LogP contribution in [0.1, 0.15) is 6.92 Å². The van der Waals surface area contributed by atoms with Crippen LogP contribution in [0.4, 0.5) is 0 Å². The number of morpholine rings is 1. The third-order valence-electron chi connectivity index (χ3n) is 1.18. The zero-order chi connectivity index (χ0) is 5.98. The summed E-state index contributed by atoms with van der Waals surface area (Å²) < 4.78 is 5.20. The van der Waals surface area contributed by atoms with Gasteiger partial charge in [-0.15, -0.1) is 0 Å². The number of hydrogen-bond acceptors (Lipinski definition) is 3. The quantitative estimate of drug-likeness (QED) is 0.439. The van der Waals surface area contributed by atoms with Crippen molar-refractivity contribution in [3.8, 4) is 0 Å². The van der Waals surface area contributed by atoms with Gasteiger partial charge in [0.25, 0.3) is 0 Å². The monoisotopic (exact) mass is 116 g/mol. The average Bonchev–Trinajstić information content (AvgIpc) is 1.64. The molecule has 0 bridgehead atoms. The number of ether oxygens (including phenoxy) is 1. The van der Waals surface area contributed by atoms with E-state index in [9.17, 15) is 0 Å². The maximum Gasteiger partial charge on any atom is 0.118 e. The maximum atomic E-state index is 5.44. The van der Waals surface area contributed by atoms with Crippen LogP contribution in [0.15, 0.2) is 0 Å². The molecule has 0 saturated carbocycles. The van der Waals surface area contributed by atoms with E-state index in [2.05, 4.69) is 5.32 Å². The summed E-state index contributed by atoms with van der Waals surface area (Å²) in [5.74, 6) is 0. The van der Waals surface area contributed by atoms with Gasteiger partial charge < -0.3 is 15.8 Å². The van der Waals surface area contributed by atoms with Gasteiger partial charge in [0.05, 0.1) is 6.10 Å². The lowest BCUT2D eigenvalue weighted by molar-refractivity contribution is -0.0232. The summed E-state index contributed by atoms with van der Waals surface area (Å²) in [6.45, 7) is 3.71. The number of rotatable bonds is 0. The van der Waals surface area contributed by atoms with E-state index in [1.807, 2.05) is 6.92 Å². The Morgan fingerprint density at radius 3 is 2.75 bits per heavy atom. The molecule has 0 aliphatic carbocycles. The summed E-state index contributed by atoms with van der Waals surface area (Å²) in [7, 11) is 0. The van der Waals surface area contributed by atoms with Crippen molar-refractivity contribution in [1.82, 2.24) is 5.32 Å². The second-order valence-corrected chi connectivity index (χ2v) is 2.14. The molecule has 8 heavy (non-hydrogen) atoms. The Balaban J connectivity index is 2.23. The smallest absolute Gasteiger partial charge is 0.118 e. The molecule has 0 radical (unpaired) electrons. The Hall–Kier alpha value is -0.120. The first-order valence-electron chi connectivity index (χ1n) is 2.91. The lowest BCUT2D eigenvalue weighted by atomic mass is 10.3. The number of nitrogens with two attached hydrogens (primary N) is 1. The third-order valence-corrected chi connectivity index (χ3v) is 1.18. The fourth-order valence-electron chi connectivity index (χ4n) is 0.823. The highest BCUT2D eigenvalue weighted by Crippen LogP contribution is 1.96. The normalized spacial score (nSPS) is 39.8. The van der Waals surface area contributed by atoms with Gasteiger partial charge in [0.1, 0.15) is 6.23 Å². The molecule has 0 aromatic rings. The molecule has 1 fully saturated rings. The predicted molar refractivity (Wildman–Crippen MR) is 31.4 cm³/mol. The van der Waals surface area contributed by atoms with Crippen LogP contribution < -0.4 is 11.1 Å². The topological polar surface area (TPSA) is 47.3 Å². The Morgan fingerprint density at radius 1 is 1.62 bits per heavy atom. The summed E-state index contributed by atoms with van der Waals surface area (Å²) in [6, 6.07) is 0. The zero-order valence-corrected chi connectivity index (χ0v) is 5.05. The first-order valence-corrected chi connectivity index (χ1v) is 2.91. The second-order valence-electron chi connectivity index (χ2n) is 2.14. The molecule has 1 heterocycles. The van der Waals surface area contributed by atoms with Crippen molar-refractivity contribution in [2.24, 2.45) is 5.73 Å². The number of nitrogens with one attached hydrogen (secondary N) is 1. The first kappa shape index (κ1) is 6.01. The zero-order valence-electron chi connectivity index (χ0n) is 5.05. The fourth-order valence-corrected chi connectivity index (χ4v) is 0.823. The van der Waals surface area contributed by atoms with E-state index in [0.29, 0.717) is 0 Å². The highest BCUT2D eigenvalue weighted by molar-refractivity contribution is 4.66. The Morgan fingerprint density at radius 2 is 2.38 bits per heavy atom. The van der Waals surface area contributed by atoms with Gasteiger partial charge in [0.2, 0.25) is 0 Å². The third kappa shape index (κ3) is 1.43. The molecule has 0 aromatic carbocycles. The Bertz CT molecular complexity index is 68.8. The van der Waals surface area contributed by atoms with Crippen molar-refractivity contribution < 1.29 is 4.74 Å². The van der Waals surface area contributed by atoms with E-state index >= 15 is 0 Å². The Labute approximate surface area is 49.2 Å². The molecule has 1 rings (SSSR count). The summed E-state index contributed by atoms with van der Waals surface area (Å²) in [5, 5.41) is 3.13. The van der Waals surface area contributed by atoms with Gasteiger partial charge in [-0.2, -0.15) is 0 Å². The van der Waals surface area contributed by atoms with Crippen molar-refractivity contribution in [2.45, 2.75) is 19.3 Å². The maximum absolute atomic E-state index is 5.44. The first-order chi connectivity index (χ1) is 3.79. The molecule has 3 nitrogen and oxygen atoms in total. The molecule has 1 aliphatic rings. The van der Waals surface area contributed by atoms with Gasteiger partial charge in [-0.1, -0.05) is 0 Å². The summed E-state index contributed by atoms with van der Waals surface area (Å²) in [4.78, 5) is 0. The second kappa shape index (κ2) is 2.44. The molecule has 2 atom stereocenters. The van der Waals surface area contributed by atoms with Gasteiger partial charge in [-0.05, 0) is 6.92 Å². The average molecular weight is 116 g/mol. The molecule has 1 saturated heterocycles. The summed E-state index contributed by atoms with van der Waals surface area (Å²) in [6.07, 6.45) is 0.178. The molecular formula is C5H12N2O. The van der Waals surface area contributed by atoms with Crippen LogP contribution in [0.25, 0.3) is 0 Å². The molecule has 0 amide bonds.